The van der Waals surface area contributed by atoms with Crippen molar-refractivity contribution in [2.75, 3.05) is 44.0 Å². The summed E-state index contributed by atoms with van der Waals surface area (Å²) in [4.78, 5) is 11.1. The lowest BCUT2D eigenvalue weighted by Crippen LogP contribution is -2.41. The number of anilines is 2. The van der Waals surface area contributed by atoms with E-state index in [-0.39, 0.29) is 22.2 Å². The molecule has 212 valence electrons. The summed E-state index contributed by atoms with van der Waals surface area (Å²) in [6.07, 6.45) is 1.60. The van der Waals surface area contributed by atoms with Crippen molar-refractivity contribution >= 4 is 32.7 Å². The van der Waals surface area contributed by atoms with E-state index >= 15 is 0 Å². The van der Waals surface area contributed by atoms with Crippen LogP contribution in [0.3, 0.4) is 0 Å². The largest absolute Gasteiger partial charge is 0.480 e. The van der Waals surface area contributed by atoms with Crippen LogP contribution in [0.5, 0.6) is 5.88 Å². The number of nitrogens with zero attached hydrogens (tertiary/aromatic N) is 4. The number of nitrogen functional groups attached to an aromatic ring is 1. The number of hydrogen-bond acceptors (Lipinski definition) is 8. The number of methoxy groups -OCH3 is 1. The predicted octanol–water partition coefficient (Wildman–Crippen LogP) is 4.23. The Labute approximate surface area is 235 Å². The third kappa shape index (κ3) is 5.49. The van der Waals surface area contributed by atoms with Gasteiger partial charge in [-0.3, -0.25) is 4.57 Å². The third-order valence-corrected chi connectivity index (χ3v) is 8.97. The lowest BCUT2D eigenvalue weighted by atomic mass is 9.89. The Morgan fingerprint density at radius 3 is 2.35 bits per heavy atom. The molecule has 3 heterocycles. The fourth-order valence-electron chi connectivity index (χ4n) is 4.59. The number of rotatable bonds is 7. The second-order valence-corrected chi connectivity index (χ2v) is 12.7. The van der Waals surface area contributed by atoms with Gasteiger partial charge >= 0.3 is 0 Å². The van der Waals surface area contributed by atoms with Crippen LogP contribution in [0.1, 0.15) is 27.7 Å². The SMILES string of the molecule is COc1ncc(-c2ccc3nc(N)n(-c4ccc(N5CCOCC5)cc4)c3c2)cc1S(=O)(=O)NC(C)C(C)(C)C. The van der Waals surface area contributed by atoms with Gasteiger partial charge in [-0.05, 0) is 60.4 Å². The fraction of sp³-hybridized carbons (Fsp3) is 0.379. The molecule has 1 atom stereocenters. The first-order chi connectivity index (χ1) is 19.0. The minimum absolute atomic E-state index is 0.0181. The second kappa shape index (κ2) is 10.7. The van der Waals surface area contributed by atoms with Crippen molar-refractivity contribution in [3.63, 3.8) is 0 Å². The molecule has 0 bridgehead atoms. The van der Waals surface area contributed by atoms with E-state index in [0.29, 0.717) is 11.5 Å². The number of aromatic nitrogens is 3. The molecule has 3 N–H and O–H groups in total. The molecule has 40 heavy (non-hydrogen) atoms. The summed E-state index contributed by atoms with van der Waals surface area (Å²) in [6, 6.07) is 15.2. The Balaban J connectivity index is 1.52. The number of imidazole rings is 1. The zero-order valence-electron chi connectivity index (χ0n) is 23.5. The molecule has 0 saturated carbocycles. The number of fused-ring (bicyclic) bond motifs is 1. The number of nitrogens with one attached hydrogen (secondary N) is 1. The highest BCUT2D eigenvalue weighted by atomic mass is 32.2. The van der Waals surface area contributed by atoms with Gasteiger partial charge in [0.15, 0.2) is 0 Å². The molecule has 10 nitrogen and oxygen atoms in total. The van der Waals surface area contributed by atoms with Crippen molar-refractivity contribution in [1.82, 2.24) is 19.3 Å². The van der Waals surface area contributed by atoms with Crippen molar-refractivity contribution in [3.8, 4) is 22.7 Å². The molecule has 2 aromatic carbocycles. The molecule has 1 fully saturated rings. The second-order valence-electron chi connectivity index (χ2n) is 11.1. The van der Waals surface area contributed by atoms with Crippen LogP contribution in [-0.2, 0) is 14.8 Å². The van der Waals surface area contributed by atoms with Crippen LogP contribution in [-0.4, -0.2) is 62.4 Å². The Bertz CT molecular complexity index is 1620. The summed E-state index contributed by atoms with van der Waals surface area (Å²) in [5.41, 5.74) is 11.0. The molecule has 1 aliphatic rings. The van der Waals surface area contributed by atoms with Crippen molar-refractivity contribution in [2.45, 2.75) is 38.6 Å². The van der Waals surface area contributed by atoms with Gasteiger partial charge < -0.3 is 20.1 Å². The molecular formula is C29H36N6O4S. The normalized spacial score (nSPS) is 15.4. The summed E-state index contributed by atoms with van der Waals surface area (Å²) < 4.78 is 42.2. The average molecular weight is 565 g/mol. The number of ether oxygens (including phenoxy) is 2. The van der Waals surface area contributed by atoms with Crippen LogP contribution >= 0.6 is 0 Å². The standard InChI is InChI=1S/C29H36N6O4S/c1-19(29(2,3)4)33-40(36,37)26-17-21(18-31-27(26)38-5)20-6-11-24-25(16-20)35(28(30)32-24)23-9-7-22(8-10-23)34-12-14-39-15-13-34/h6-11,16-19,33H,12-15H2,1-5H3,(H2,30,32). The highest BCUT2D eigenvalue weighted by molar-refractivity contribution is 7.89. The number of sulfonamides is 1. The van der Waals surface area contributed by atoms with Crippen LogP contribution in [0.15, 0.2) is 59.6 Å². The Morgan fingerprint density at radius 1 is 1.02 bits per heavy atom. The van der Waals surface area contributed by atoms with E-state index in [1.165, 1.54) is 7.11 Å². The maximum atomic E-state index is 13.4. The summed E-state index contributed by atoms with van der Waals surface area (Å²) in [5.74, 6) is 0.399. The molecule has 0 spiro atoms. The van der Waals surface area contributed by atoms with Crippen LogP contribution in [0.25, 0.3) is 27.8 Å². The van der Waals surface area contributed by atoms with Crippen molar-refractivity contribution in [2.24, 2.45) is 5.41 Å². The smallest absolute Gasteiger partial charge is 0.246 e. The highest BCUT2D eigenvalue weighted by Crippen LogP contribution is 2.32. The van der Waals surface area contributed by atoms with Crippen molar-refractivity contribution in [1.29, 1.82) is 0 Å². The molecule has 5 rings (SSSR count). The molecule has 1 unspecified atom stereocenters. The molecular weight excluding hydrogens is 528 g/mol. The van der Waals surface area contributed by atoms with E-state index in [1.807, 2.05) is 62.6 Å². The molecule has 11 heteroatoms. The number of nitrogens with two attached hydrogens (primary N) is 1. The zero-order valence-corrected chi connectivity index (χ0v) is 24.3. The lowest BCUT2D eigenvalue weighted by Gasteiger charge is -2.29. The van der Waals surface area contributed by atoms with Gasteiger partial charge in [0.05, 0.1) is 31.4 Å². The van der Waals surface area contributed by atoms with E-state index in [9.17, 15) is 8.42 Å². The first kappa shape index (κ1) is 27.9. The Hall–Kier alpha value is -3.67. The Morgan fingerprint density at radius 2 is 1.70 bits per heavy atom. The maximum Gasteiger partial charge on any atom is 0.246 e. The fourth-order valence-corrected chi connectivity index (χ4v) is 6.18. The van der Waals surface area contributed by atoms with Crippen LogP contribution in [0.2, 0.25) is 0 Å². The van der Waals surface area contributed by atoms with Gasteiger partial charge in [0.25, 0.3) is 0 Å². The van der Waals surface area contributed by atoms with E-state index < -0.39 is 10.0 Å². The number of pyridine rings is 1. The first-order valence-electron chi connectivity index (χ1n) is 13.3. The van der Waals surface area contributed by atoms with Gasteiger partial charge in [0.1, 0.15) is 4.90 Å². The minimum atomic E-state index is -3.91. The molecule has 4 aromatic rings. The maximum absolute atomic E-state index is 13.4. The number of hydrogen-bond donors (Lipinski definition) is 2. The Kier molecular flexibility index (Phi) is 7.47. The average Bonchev–Trinajstić information content (AvgIpc) is 3.27. The molecule has 0 amide bonds. The summed E-state index contributed by atoms with van der Waals surface area (Å²) in [7, 11) is -2.50. The molecule has 2 aromatic heterocycles. The summed E-state index contributed by atoms with van der Waals surface area (Å²) in [5, 5.41) is 0. The molecule has 0 radical (unpaired) electrons. The van der Waals surface area contributed by atoms with Gasteiger partial charge in [-0.2, -0.15) is 0 Å². The van der Waals surface area contributed by atoms with E-state index in [0.717, 1.165) is 54.3 Å². The van der Waals surface area contributed by atoms with E-state index in [4.69, 9.17) is 15.2 Å². The van der Waals surface area contributed by atoms with Crippen molar-refractivity contribution in [3.05, 3.63) is 54.7 Å². The minimum Gasteiger partial charge on any atom is -0.480 e. The van der Waals surface area contributed by atoms with E-state index in [1.54, 1.807) is 12.3 Å². The molecule has 1 saturated heterocycles. The summed E-state index contributed by atoms with van der Waals surface area (Å²) in [6.45, 7) is 10.9. The van der Waals surface area contributed by atoms with Gasteiger partial charge in [0.2, 0.25) is 21.9 Å². The quantitative estimate of drug-likeness (QED) is 0.342. The monoisotopic (exact) mass is 564 g/mol. The van der Waals surface area contributed by atoms with Crippen LogP contribution in [0, 0.1) is 5.41 Å². The highest BCUT2D eigenvalue weighted by Gasteiger charge is 2.29. The molecule has 0 aliphatic carbocycles. The summed E-state index contributed by atoms with van der Waals surface area (Å²) >= 11 is 0. The number of benzene rings is 2. The van der Waals surface area contributed by atoms with Crippen LogP contribution < -0.4 is 20.1 Å². The van der Waals surface area contributed by atoms with Crippen molar-refractivity contribution < 1.29 is 17.9 Å². The zero-order chi connectivity index (χ0) is 28.7. The first-order valence-corrected chi connectivity index (χ1v) is 14.7. The van der Waals surface area contributed by atoms with Gasteiger partial charge in [-0.15, -0.1) is 0 Å². The topological polar surface area (TPSA) is 125 Å². The van der Waals surface area contributed by atoms with Gasteiger partial charge in [0, 0.05) is 42.3 Å². The van der Waals surface area contributed by atoms with Gasteiger partial charge in [-0.1, -0.05) is 26.8 Å². The van der Waals surface area contributed by atoms with Gasteiger partial charge in [-0.25, -0.2) is 23.1 Å². The third-order valence-electron chi connectivity index (χ3n) is 7.43. The van der Waals surface area contributed by atoms with Crippen LogP contribution in [0.4, 0.5) is 11.6 Å². The molecule has 1 aliphatic heterocycles. The van der Waals surface area contributed by atoms with E-state index in [2.05, 4.69) is 31.7 Å². The lowest BCUT2D eigenvalue weighted by molar-refractivity contribution is 0.122. The number of morpholine rings is 1. The predicted molar refractivity (Wildman–Crippen MR) is 158 cm³/mol.